The lowest BCUT2D eigenvalue weighted by Crippen LogP contribution is -2.41. The van der Waals surface area contributed by atoms with Gasteiger partial charge in [-0.3, -0.25) is 9.78 Å². The first-order valence-electron chi connectivity index (χ1n) is 8.79. The van der Waals surface area contributed by atoms with E-state index in [4.69, 9.17) is 4.74 Å². The molecular formula is C20H24ClN3O3. The molecule has 7 heteroatoms. The molecule has 144 valence electrons. The van der Waals surface area contributed by atoms with Crippen LogP contribution >= 0.6 is 12.4 Å². The summed E-state index contributed by atoms with van der Waals surface area (Å²) in [5.41, 5.74) is 1.98. The van der Waals surface area contributed by atoms with Crippen LogP contribution in [0.25, 0.3) is 0 Å². The normalized spacial score (nSPS) is 14.1. The maximum absolute atomic E-state index is 13.1. The number of hydrogen-bond donors (Lipinski definition) is 1. The van der Waals surface area contributed by atoms with Crippen LogP contribution in [0.1, 0.15) is 28.9 Å². The Labute approximate surface area is 165 Å². The van der Waals surface area contributed by atoms with Crippen LogP contribution in [0.5, 0.6) is 0 Å². The van der Waals surface area contributed by atoms with Crippen molar-refractivity contribution in [3.63, 3.8) is 0 Å². The second kappa shape index (κ2) is 10.0. The lowest BCUT2D eigenvalue weighted by atomic mass is 9.96. The van der Waals surface area contributed by atoms with Crippen LogP contribution in [0.15, 0.2) is 48.7 Å². The molecule has 3 rings (SSSR count). The third-order valence-corrected chi connectivity index (χ3v) is 4.59. The van der Waals surface area contributed by atoms with Gasteiger partial charge in [0.25, 0.3) is 0 Å². The standard InChI is InChI=1S/C20H23N3O3.ClH/c1-26-20(25)16-7-8-17(22-13-16)14-23(18-5-3-2-4-6-18)19(24)15-9-11-21-12-10-15;/h2-8,13,15,21H,9-12,14H2,1H3;1H. The first-order chi connectivity index (χ1) is 12.7. The first kappa shape index (κ1) is 20.9. The van der Waals surface area contributed by atoms with Gasteiger partial charge in [-0.2, -0.15) is 0 Å². The van der Waals surface area contributed by atoms with Crippen LogP contribution in [0.3, 0.4) is 0 Å². The quantitative estimate of drug-likeness (QED) is 0.796. The molecule has 1 aliphatic heterocycles. The number of anilines is 1. The average molecular weight is 390 g/mol. The van der Waals surface area contributed by atoms with Gasteiger partial charge in [-0.1, -0.05) is 18.2 Å². The molecule has 0 atom stereocenters. The Morgan fingerprint density at radius 3 is 2.44 bits per heavy atom. The molecule has 2 aromatic rings. The summed E-state index contributed by atoms with van der Waals surface area (Å²) < 4.78 is 4.69. The number of carbonyl (C=O) groups excluding carboxylic acids is 2. The minimum Gasteiger partial charge on any atom is -0.465 e. The number of para-hydroxylation sites is 1. The Hall–Kier alpha value is -2.44. The molecule has 1 aliphatic rings. The Balaban J connectivity index is 0.00000261. The third kappa shape index (κ3) is 5.28. The van der Waals surface area contributed by atoms with Gasteiger partial charge in [0.2, 0.25) is 5.91 Å². The molecule has 0 spiro atoms. The van der Waals surface area contributed by atoms with Gasteiger partial charge in [-0.05, 0) is 50.2 Å². The summed E-state index contributed by atoms with van der Waals surface area (Å²) in [6, 6.07) is 13.1. The van der Waals surface area contributed by atoms with E-state index in [0.29, 0.717) is 12.1 Å². The Morgan fingerprint density at radius 2 is 1.85 bits per heavy atom. The van der Waals surface area contributed by atoms with Gasteiger partial charge in [-0.25, -0.2) is 4.79 Å². The van der Waals surface area contributed by atoms with Crippen molar-refractivity contribution in [2.75, 3.05) is 25.1 Å². The largest absolute Gasteiger partial charge is 0.465 e. The van der Waals surface area contributed by atoms with Gasteiger partial charge in [0.1, 0.15) is 0 Å². The SMILES string of the molecule is COC(=O)c1ccc(CN(C(=O)C2CCNCC2)c2ccccc2)nc1.Cl. The highest BCUT2D eigenvalue weighted by Crippen LogP contribution is 2.23. The minimum absolute atomic E-state index is 0. The van der Waals surface area contributed by atoms with E-state index in [1.807, 2.05) is 30.3 Å². The molecule has 27 heavy (non-hydrogen) atoms. The summed E-state index contributed by atoms with van der Waals surface area (Å²) >= 11 is 0. The third-order valence-electron chi connectivity index (χ3n) is 4.59. The number of aromatic nitrogens is 1. The first-order valence-corrected chi connectivity index (χ1v) is 8.79. The molecule has 0 bridgehead atoms. The Morgan fingerprint density at radius 1 is 1.15 bits per heavy atom. The molecule has 0 aliphatic carbocycles. The molecular weight excluding hydrogens is 366 g/mol. The van der Waals surface area contributed by atoms with Crippen molar-refractivity contribution >= 4 is 30.0 Å². The number of ether oxygens (including phenoxy) is 1. The van der Waals surface area contributed by atoms with E-state index in [9.17, 15) is 9.59 Å². The van der Waals surface area contributed by atoms with Gasteiger partial charge >= 0.3 is 5.97 Å². The molecule has 6 nitrogen and oxygen atoms in total. The van der Waals surface area contributed by atoms with Crippen molar-refractivity contribution in [1.29, 1.82) is 0 Å². The lowest BCUT2D eigenvalue weighted by Gasteiger charge is -2.29. The number of benzene rings is 1. The second-order valence-corrected chi connectivity index (χ2v) is 6.31. The van der Waals surface area contributed by atoms with Crippen LogP contribution in [-0.2, 0) is 16.1 Å². The highest BCUT2D eigenvalue weighted by Gasteiger charge is 2.27. The van der Waals surface area contributed by atoms with E-state index >= 15 is 0 Å². The van der Waals surface area contributed by atoms with Crippen molar-refractivity contribution in [2.45, 2.75) is 19.4 Å². The molecule has 1 saturated heterocycles. The Kier molecular flexibility index (Phi) is 7.76. The number of carbonyl (C=O) groups is 2. The van der Waals surface area contributed by atoms with Crippen LogP contribution in [-0.4, -0.2) is 37.1 Å². The molecule has 1 fully saturated rings. The van der Waals surface area contributed by atoms with Crippen molar-refractivity contribution in [3.05, 3.63) is 59.9 Å². The smallest absolute Gasteiger partial charge is 0.339 e. The van der Waals surface area contributed by atoms with Gasteiger partial charge in [0.15, 0.2) is 0 Å². The zero-order valence-corrected chi connectivity index (χ0v) is 16.1. The summed E-state index contributed by atoms with van der Waals surface area (Å²) in [5.74, 6) is -0.280. The fourth-order valence-corrected chi connectivity index (χ4v) is 3.11. The van der Waals surface area contributed by atoms with Gasteiger partial charge in [0.05, 0.1) is 24.9 Å². The number of halogens is 1. The molecule has 0 unspecified atom stereocenters. The molecule has 1 aromatic carbocycles. The number of rotatable bonds is 5. The summed E-state index contributed by atoms with van der Waals surface area (Å²) in [6.07, 6.45) is 3.17. The number of methoxy groups -OCH3 is 1. The van der Waals surface area contributed by atoms with Crippen LogP contribution in [0.4, 0.5) is 5.69 Å². The van der Waals surface area contributed by atoms with E-state index in [1.54, 1.807) is 17.0 Å². The summed E-state index contributed by atoms with van der Waals surface area (Å²) in [6.45, 7) is 2.10. The van der Waals surface area contributed by atoms with Crippen LogP contribution in [0.2, 0.25) is 0 Å². The number of nitrogens with zero attached hydrogens (tertiary/aromatic N) is 2. The zero-order valence-electron chi connectivity index (χ0n) is 15.3. The summed E-state index contributed by atoms with van der Waals surface area (Å²) in [7, 11) is 1.34. The van der Waals surface area contributed by atoms with E-state index in [-0.39, 0.29) is 24.2 Å². The molecule has 0 saturated carbocycles. The fraction of sp³-hybridized carbons (Fsp3) is 0.350. The number of pyridine rings is 1. The predicted molar refractivity (Wildman–Crippen MR) is 106 cm³/mol. The number of nitrogens with one attached hydrogen (secondary N) is 1. The zero-order chi connectivity index (χ0) is 18.4. The number of piperidine rings is 1. The average Bonchev–Trinajstić information content (AvgIpc) is 2.72. The van der Waals surface area contributed by atoms with Gasteiger partial charge < -0.3 is 15.0 Å². The molecule has 1 amide bonds. The monoisotopic (exact) mass is 389 g/mol. The van der Waals surface area contributed by atoms with Gasteiger partial charge in [-0.15, -0.1) is 12.4 Å². The van der Waals surface area contributed by atoms with E-state index < -0.39 is 5.97 Å². The molecule has 1 N–H and O–H groups in total. The molecule has 1 aromatic heterocycles. The van der Waals surface area contributed by atoms with Crippen molar-refractivity contribution in [3.8, 4) is 0 Å². The van der Waals surface area contributed by atoms with Crippen molar-refractivity contribution < 1.29 is 14.3 Å². The highest BCUT2D eigenvalue weighted by atomic mass is 35.5. The van der Waals surface area contributed by atoms with Crippen molar-refractivity contribution in [1.82, 2.24) is 10.3 Å². The maximum Gasteiger partial charge on any atom is 0.339 e. The van der Waals surface area contributed by atoms with E-state index in [2.05, 4.69) is 10.3 Å². The fourth-order valence-electron chi connectivity index (χ4n) is 3.11. The minimum atomic E-state index is -0.422. The van der Waals surface area contributed by atoms with Crippen LogP contribution in [0, 0.1) is 5.92 Å². The van der Waals surface area contributed by atoms with Crippen molar-refractivity contribution in [2.24, 2.45) is 5.92 Å². The second-order valence-electron chi connectivity index (χ2n) is 6.31. The Bertz CT molecular complexity index is 747. The topological polar surface area (TPSA) is 71.5 Å². The maximum atomic E-state index is 13.1. The number of esters is 1. The van der Waals surface area contributed by atoms with E-state index in [1.165, 1.54) is 13.3 Å². The summed E-state index contributed by atoms with van der Waals surface area (Å²) in [4.78, 5) is 30.8. The predicted octanol–water partition coefficient (Wildman–Crippen LogP) is 2.82. The number of amides is 1. The highest BCUT2D eigenvalue weighted by molar-refractivity contribution is 5.95. The summed E-state index contributed by atoms with van der Waals surface area (Å²) in [5, 5.41) is 3.29. The number of hydrogen-bond acceptors (Lipinski definition) is 5. The molecule has 0 radical (unpaired) electrons. The lowest BCUT2D eigenvalue weighted by molar-refractivity contribution is -0.123. The molecule has 2 heterocycles. The van der Waals surface area contributed by atoms with Gasteiger partial charge in [0, 0.05) is 17.8 Å². The van der Waals surface area contributed by atoms with Crippen LogP contribution < -0.4 is 10.2 Å². The van der Waals surface area contributed by atoms with E-state index in [0.717, 1.165) is 37.3 Å².